The van der Waals surface area contributed by atoms with E-state index in [1.54, 1.807) is 20.8 Å². The highest BCUT2D eigenvalue weighted by Crippen LogP contribution is 2.59. The van der Waals surface area contributed by atoms with Gasteiger partial charge in [0.05, 0.1) is 11.8 Å². The monoisotopic (exact) mass is 307 g/mol. The van der Waals surface area contributed by atoms with Crippen LogP contribution in [0.5, 0.6) is 0 Å². The van der Waals surface area contributed by atoms with E-state index in [-0.39, 0.29) is 5.92 Å². The zero-order valence-electron chi connectivity index (χ0n) is 12.3. The van der Waals surface area contributed by atoms with Crippen molar-refractivity contribution in [2.75, 3.05) is 6.54 Å². The van der Waals surface area contributed by atoms with Gasteiger partial charge in [-0.15, -0.1) is 0 Å². The van der Waals surface area contributed by atoms with Crippen molar-refractivity contribution < 1.29 is 27.9 Å². The van der Waals surface area contributed by atoms with Crippen molar-refractivity contribution in [3.63, 3.8) is 0 Å². The maximum atomic E-state index is 12.7. The fraction of sp³-hybridized carbons (Fsp3) is 0.857. The van der Waals surface area contributed by atoms with Crippen molar-refractivity contribution in [3.8, 4) is 0 Å². The minimum absolute atomic E-state index is 0.0986. The molecule has 3 unspecified atom stereocenters. The van der Waals surface area contributed by atoms with Crippen LogP contribution in [0.15, 0.2) is 0 Å². The summed E-state index contributed by atoms with van der Waals surface area (Å²) in [6.45, 7) is 3.54. The smallest absolute Gasteiger partial charge is 0.406 e. The van der Waals surface area contributed by atoms with Gasteiger partial charge in [0.25, 0.3) is 0 Å². The second-order valence-corrected chi connectivity index (χ2v) is 6.77. The summed E-state index contributed by atoms with van der Waals surface area (Å²) in [6, 6.07) is -0.495. The van der Waals surface area contributed by atoms with Gasteiger partial charge < -0.3 is 10.0 Å². The van der Waals surface area contributed by atoms with Gasteiger partial charge >= 0.3 is 12.1 Å². The number of carboxylic acids is 1. The van der Waals surface area contributed by atoms with Gasteiger partial charge in [0.1, 0.15) is 6.54 Å². The molecule has 0 heterocycles. The van der Waals surface area contributed by atoms with E-state index in [1.807, 2.05) is 0 Å². The molecule has 1 N–H and O–H groups in total. The molecule has 120 valence electrons. The summed E-state index contributed by atoms with van der Waals surface area (Å²) in [6.07, 6.45) is -2.84. The molecule has 0 aliphatic heterocycles. The van der Waals surface area contributed by atoms with E-state index in [1.165, 1.54) is 0 Å². The molecular formula is C14H20F3NO3. The zero-order chi connectivity index (χ0) is 16.2. The Hall–Kier alpha value is -1.27. The number of nitrogens with zero attached hydrogens (tertiary/aromatic N) is 1. The van der Waals surface area contributed by atoms with E-state index in [4.69, 9.17) is 5.11 Å². The average Bonchev–Trinajstić information content (AvgIpc) is 3.18. The molecule has 21 heavy (non-hydrogen) atoms. The van der Waals surface area contributed by atoms with Crippen LogP contribution in [-0.4, -0.2) is 40.6 Å². The molecule has 0 bridgehead atoms. The summed E-state index contributed by atoms with van der Waals surface area (Å²) in [5.74, 6) is -3.46. The van der Waals surface area contributed by atoms with E-state index in [2.05, 4.69) is 0 Å². The molecule has 4 nitrogen and oxygen atoms in total. The zero-order valence-corrected chi connectivity index (χ0v) is 12.3. The first-order valence-electron chi connectivity index (χ1n) is 7.07. The van der Waals surface area contributed by atoms with Crippen molar-refractivity contribution in [1.82, 2.24) is 4.90 Å². The maximum Gasteiger partial charge on any atom is 0.406 e. The Bertz CT molecular complexity index is 457. The number of hydrogen-bond acceptors (Lipinski definition) is 2. The van der Waals surface area contributed by atoms with Gasteiger partial charge in [-0.2, -0.15) is 13.2 Å². The summed E-state index contributed by atoms with van der Waals surface area (Å²) in [4.78, 5) is 24.4. The van der Waals surface area contributed by atoms with Crippen LogP contribution in [0.4, 0.5) is 13.2 Å². The molecular weight excluding hydrogens is 287 g/mol. The second-order valence-electron chi connectivity index (χ2n) is 6.77. The highest BCUT2D eigenvalue weighted by Gasteiger charge is 2.67. The molecule has 3 atom stereocenters. The molecule has 7 heteroatoms. The van der Waals surface area contributed by atoms with Gasteiger partial charge in [0, 0.05) is 6.04 Å². The quantitative estimate of drug-likeness (QED) is 0.849. The van der Waals surface area contributed by atoms with Gasteiger partial charge in [0.2, 0.25) is 5.91 Å². The van der Waals surface area contributed by atoms with Crippen molar-refractivity contribution in [2.24, 2.45) is 23.2 Å². The van der Waals surface area contributed by atoms with Crippen molar-refractivity contribution in [2.45, 2.75) is 45.8 Å². The topological polar surface area (TPSA) is 57.6 Å². The van der Waals surface area contributed by atoms with Gasteiger partial charge in [-0.1, -0.05) is 13.8 Å². The molecule has 2 rings (SSSR count). The molecule has 2 aliphatic rings. The van der Waals surface area contributed by atoms with Crippen LogP contribution >= 0.6 is 0 Å². The number of halogens is 3. The van der Waals surface area contributed by atoms with Crippen molar-refractivity contribution >= 4 is 11.9 Å². The first-order chi connectivity index (χ1) is 9.47. The minimum Gasteiger partial charge on any atom is -0.481 e. The number of alkyl halides is 3. The molecule has 2 fully saturated rings. The molecule has 0 spiro atoms. The number of rotatable bonds is 5. The third-order valence-corrected chi connectivity index (χ3v) is 4.79. The number of aliphatic carboxylic acids is 1. The largest absolute Gasteiger partial charge is 0.481 e. The maximum absolute atomic E-state index is 12.7. The van der Waals surface area contributed by atoms with E-state index in [0.29, 0.717) is 0 Å². The fourth-order valence-electron chi connectivity index (χ4n) is 3.19. The fourth-order valence-corrected chi connectivity index (χ4v) is 3.19. The Balaban J connectivity index is 2.17. The Kier molecular flexibility index (Phi) is 3.74. The molecule has 2 saturated carbocycles. The molecule has 1 amide bonds. The average molecular weight is 307 g/mol. The molecule has 0 radical (unpaired) electrons. The lowest BCUT2D eigenvalue weighted by Crippen LogP contribution is -2.46. The van der Waals surface area contributed by atoms with E-state index in [0.717, 1.165) is 17.7 Å². The normalized spacial score (nSPS) is 28.9. The summed E-state index contributed by atoms with van der Waals surface area (Å²) in [5.41, 5.74) is -0.782. The van der Waals surface area contributed by atoms with Gasteiger partial charge in [-0.25, -0.2) is 0 Å². The first-order valence-corrected chi connectivity index (χ1v) is 7.07. The van der Waals surface area contributed by atoms with Crippen molar-refractivity contribution in [1.29, 1.82) is 0 Å². The van der Waals surface area contributed by atoms with Crippen LogP contribution in [0.3, 0.4) is 0 Å². The Morgan fingerprint density at radius 3 is 2.14 bits per heavy atom. The van der Waals surface area contributed by atoms with E-state index in [9.17, 15) is 22.8 Å². The van der Waals surface area contributed by atoms with Crippen LogP contribution in [0.2, 0.25) is 0 Å². The lowest BCUT2D eigenvalue weighted by molar-refractivity contribution is -0.167. The van der Waals surface area contributed by atoms with Gasteiger partial charge in [-0.05, 0) is 31.1 Å². The number of carbonyl (C=O) groups excluding carboxylic acids is 1. The van der Waals surface area contributed by atoms with Crippen LogP contribution < -0.4 is 0 Å². The summed E-state index contributed by atoms with van der Waals surface area (Å²) in [7, 11) is 0. The lowest BCUT2D eigenvalue weighted by atomic mass is 10.1. The third-order valence-electron chi connectivity index (χ3n) is 4.79. The Morgan fingerprint density at radius 1 is 1.29 bits per heavy atom. The van der Waals surface area contributed by atoms with E-state index < -0.39 is 47.9 Å². The summed E-state index contributed by atoms with van der Waals surface area (Å²) >= 11 is 0. The minimum atomic E-state index is -4.48. The Morgan fingerprint density at radius 2 is 1.81 bits per heavy atom. The number of hydrogen-bond donors (Lipinski definition) is 1. The van der Waals surface area contributed by atoms with Crippen LogP contribution in [0.1, 0.15) is 33.6 Å². The first kappa shape index (κ1) is 16.1. The van der Waals surface area contributed by atoms with Gasteiger partial charge in [-0.3, -0.25) is 9.59 Å². The van der Waals surface area contributed by atoms with Gasteiger partial charge in [0.15, 0.2) is 0 Å². The second kappa shape index (κ2) is 4.88. The van der Waals surface area contributed by atoms with Crippen molar-refractivity contribution in [3.05, 3.63) is 0 Å². The molecule has 2 aliphatic carbocycles. The highest BCUT2D eigenvalue weighted by molar-refractivity contribution is 5.91. The molecule has 0 aromatic rings. The predicted octanol–water partition coefficient (Wildman–Crippen LogP) is 2.53. The molecule has 0 saturated heterocycles. The predicted molar refractivity (Wildman–Crippen MR) is 68.4 cm³/mol. The lowest BCUT2D eigenvalue weighted by Gasteiger charge is -2.31. The standard InChI is InChI=1S/C14H20F3NO3/c1-7(8-4-5-8)18(6-14(15,16)17)11(19)9-10(12(20)21)13(9,2)3/h7-10H,4-6H2,1-3H3,(H,20,21). The third kappa shape index (κ3) is 3.16. The van der Waals surface area contributed by atoms with E-state index >= 15 is 0 Å². The SMILES string of the molecule is CC(C1CC1)N(CC(F)(F)F)C(=O)C1C(C(=O)O)C1(C)C. The number of carbonyl (C=O) groups is 2. The molecule has 0 aromatic heterocycles. The van der Waals surface area contributed by atoms with Crippen LogP contribution in [-0.2, 0) is 9.59 Å². The van der Waals surface area contributed by atoms with Crippen LogP contribution in [0, 0.1) is 23.2 Å². The summed E-state index contributed by atoms with van der Waals surface area (Å²) < 4.78 is 38.2. The number of amides is 1. The molecule has 0 aromatic carbocycles. The number of carboxylic acid groups (broad SMARTS) is 1. The van der Waals surface area contributed by atoms with Crippen LogP contribution in [0.25, 0.3) is 0 Å². The Labute approximate surface area is 121 Å². The highest BCUT2D eigenvalue weighted by atomic mass is 19.4. The summed E-state index contributed by atoms with van der Waals surface area (Å²) in [5, 5.41) is 9.09.